The minimum absolute atomic E-state index is 1.01. The highest BCUT2D eigenvalue weighted by atomic mass is 14.9. The molecule has 0 aliphatic heterocycles. The van der Waals surface area contributed by atoms with Crippen LogP contribution in [0.3, 0.4) is 0 Å². The molecular weight excluding hydrogens is 352 g/mol. The molecule has 0 spiro atoms. The Morgan fingerprint density at radius 3 is 2.31 bits per heavy atom. The predicted octanol–water partition coefficient (Wildman–Crippen LogP) is 6.20. The average Bonchev–Trinajstić information content (AvgIpc) is 3.29. The van der Waals surface area contributed by atoms with Gasteiger partial charge in [-0.05, 0) is 37.6 Å². The van der Waals surface area contributed by atoms with Crippen LogP contribution in [0.4, 0.5) is 0 Å². The summed E-state index contributed by atoms with van der Waals surface area (Å²) in [7, 11) is 2.18. The molecule has 29 heavy (non-hydrogen) atoms. The molecule has 0 saturated heterocycles. The Kier molecular flexibility index (Phi) is 2.71. The van der Waals surface area contributed by atoms with E-state index in [1.807, 2.05) is 0 Å². The van der Waals surface area contributed by atoms with Crippen LogP contribution in [0, 0.1) is 0 Å². The second-order valence-electron chi connectivity index (χ2n) is 8.34. The first-order valence-electron chi connectivity index (χ1n) is 10.3. The maximum absolute atomic E-state index is 2.50. The van der Waals surface area contributed by atoms with Gasteiger partial charge in [0, 0.05) is 50.4 Å². The van der Waals surface area contributed by atoms with E-state index in [9.17, 15) is 0 Å². The number of aryl methyl sites for hydroxylation is 1. The predicted molar refractivity (Wildman–Crippen MR) is 124 cm³/mol. The van der Waals surface area contributed by atoms with Crippen LogP contribution >= 0.6 is 0 Å². The number of nitrogens with zero attached hydrogens (tertiary/aromatic N) is 2. The smallest absolute Gasteiger partial charge is 0.0619 e. The summed E-state index contributed by atoms with van der Waals surface area (Å²) in [5, 5.41) is 6.78. The van der Waals surface area contributed by atoms with E-state index in [1.54, 1.807) is 0 Å². The second kappa shape index (κ2) is 5.09. The van der Waals surface area contributed by atoms with Crippen LogP contribution in [0.15, 0.2) is 66.7 Å². The molecule has 0 amide bonds. The first-order chi connectivity index (χ1) is 14.2. The molecule has 3 aromatic heterocycles. The standard InChI is InChI=1S/C27H20N2/c1-16-8-7-11-18-21-14-24-20(17-9-3-5-12-22(17)28(24)2)15-25(21)29-23-13-6-4-10-19(23)26(16)27(18)29/h3-7,9-15H,8H2,1-2H3. The Bertz CT molecular complexity index is 1740. The summed E-state index contributed by atoms with van der Waals surface area (Å²) in [5.74, 6) is 0. The van der Waals surface area contributed by atoms with E-state index >= 15 is 0 Å². The molecule has 0 bridgehead atoms. The lowest BCUT2D eigenvalue weighted by Crippen LogP contribution is -2.02. The van der Waals surface area contributed by atoms with Gasteiger partial charge in [0.15, 0.2) is 0 Å². The number of rotatable bonds is 0. The monoisotopic (exact) mass is 372 g/mol. The zero-order valence-electron chi connectivity index (χ0n) is 16.5. The van der Waals surface area contributed by atoms with E-state index in [-0.39, 0.29) is 0 Å². The van der Waals surface area contributed by atoms with Crippen molar-refractivity contribution in [1.82, 2.24) is 8.97 Å². The molecule has 3 heterocycles. The molecule has 1 aliphatic rings. The molecule has 7 rings (SSSR count). The quantitative estimate of drug-likeness (QED) is 0.300. The van der Waals surface area contributed by atoms with Crippen molar-refractivity contribution in [3.63, 3.8) is 0 Å². The van der Waals surface area contributed by atoms with Gasteiger partial charge in [-0.2, -0.15) is 0 Å². The highest BCUT2D eigenvalue weighted by molar-refractivity contribution is 6.16. The number of hydrogen-bond donors (Lipinski definition) is 0. The van der Waals surface area contributed by atoms with E-state index < -0.39 is 0 Å². The largest absolute Gasteiger partial charge is 0.344 e. The van der Waals surface area contributed by atoms with Crippen molar-refractivity contribution in [3.05, 3.63) is 77.5 Å². The van der Waals surface area contributed by atoms with Gasteiger partial charge in [0.05, 0.1) is 16.6 Å². The van der Waals surface area contributed by atoms with Crippen molar-refractivity contribution in [1.29, 1.82) is 0 Å². The zero-order valence-corrected chi connectivity index (χ0v) is 16.5. The van der Waals surface area contributed by atoms with Crippen molar-refractivity contribution in [2.24, 2.45) is 7.05 Å². The van der Waals surface area contributed by atoms with Gasteiger partial charge in [0.2, 0.25) is 0 Å². The van der Waals surface area contributed by atoms with Gasteiger partial charge in [0.25, 0.3) is 0 Å². The van der Waals surface area contributed by atoms with E-state index in [0.29, 0.717) is 0 Å². The Morgan fingerprint density at radius 2 is 1.45 bits per heavy atom. The SMILES string of the molecule is CC1=c2c3ccccc3n3c2c(c2cc4c(cc23)c2ccccc2n4C)C=CC1. The minimum atomic E-state index is 1.01. The lowest BCUT2D eigenvalue weighted by atomic mass is 10.1. The van der Waals surface area contributed by atoms with Gasteiger partial charge >= 0.3 is 0 Å². The normalized spacial score (nSPS) is 14.2. The average molecular weight is 372 g/mol. The number of allylic oxidation sites excluding steroid dienone is 1. The first kappa shape index (κ1) is 15.4. The molecular formula is C27H20N2. The molecule has 0 N–H and O–H groups in total. The fraction of sp³-hybridized carbons (Fsp3) is 0.111. The van der Waals surface area contributed by atoms with Crippen molar-refractivity contribution in [2.45, 2.75) is 13.3 Å². The third kappa shape index (κ3) is 1.73. The van der Waals surface area contributed by atoms with Gasteiger partial charge < -0.3 is 8.97 Å². The minimum Gasteiger partial charge on any atom is -0.344 e. The van der Waals surface area contributed by atoms with Gasteiger partial charge in [-0.1, -0.05) is 54.1 Å². The molecule has 2 heteroatoms. The number of benzene rings is 3. The van der Waals surface area contributed by atoms with Crippen LogP contribution in [-0.2, 0) is 7.05 Å². The molecule has 138 valence electrons. The highest BCUT2D eigenvalue weighted by Gasteiger charge is 2.20. The van der Waals surface area contributed by atoms with Crippen molar-refractivity contribution >= 4 is 60.8 Å². The summed E-state index contributed by atoms with van der Waals surface area (Å²) in [6.45, 7) is 2.28. The molecule has 0 unspecified atom stereocenters. The Hall–Kier alpha value is -3.52. The Morgan fingerprint density at radius 1 is 0.724 bits per heavy atom. The van der Waals surface area contributed by atoms with E-state index in [2.05, 4.69) is 95.8 Å². The van der Waals surface area contributed by atoms with Crippen molar-refractivity contribution < 1.29 is 0 Å². The van der Waals surface area contributed by atoms with Crippen LogP contribution in [0.25, 0.3) is 60.8 Å². The topological polar surface area (TPSA) is 9.34 Å². The third-order valence-corrected chi connectivity index (χ3v) is 6.83. The summed E-state index contributed by atoms with van der Waals surface area (Å²) in [6.07, 6.45) is 5.67. The summed E-state index contributed by atoms with van der Waals surface area (Å²) < 4.78 is 4.83. The third-order valence-electron chi connectivity index (χ3n) is 6.83. The Labute approximate surface area is 167 Å². The van der Waals surface area contributed by atoms with E-state index in [0.717, 1.165) is 6.42 Å². The fourth-order valence-electron chi connectivity index (χ4n) is 5.52. The molecule has 0 saturated carbocycles. The highest BCUT2D eigenvalue weighted by Crippen LogP contribution is 2.38. The molecule has 0 atom stereocenters. The Balaban J connectivity index is 1.84. The van der Waals surface area contributed by atoms with Crippen molar-refractivity contribution in [2.75, 3.05) is 0 Å². The molecule has 2 nitrogen and oxygen atoms in total. The fourth-order valence-corrected chi connectivity index (χ4v) is 5.52. The second-order valence-corrected chi connectivity index (χ2v) is 8.34. The number of hydrogen-bond acceptors (Lipinski definition) is 0. The van der Waals surface area contributed by atoms with Crippen LogP contribution in [0.5, 0.6) is 0 Å². The van der Waals surface area contributed by atoms with Crippen molar-refractivity contribution in [3.8, 4) is 0 Å². The lowest BCUT2D eigenvalue weighted by molar-refractivity contribution is 1.02. The van der Waals surface area contributed by atoms with Gasteiger partial charge in [-0.15, -0.1) is 0 Å². The molecule has 0 radical (unpaired) electrons. The number of aromatic nitrogens is 2. The van der Waals surface area contributed by atoms with Gasteiger partial charge in [-0.25, -0.2) is 0 Å². The van der Waals surface area contributed by atoms with Crippen LogP contribution in [0.1, 0.15) is 18.9 Å². The molecule has 0 fully saturated rings. The maximum atomic E-state index is 2.50. The van der Waals surface area contributed by atoms with Crippen LogP contribution in [-0.4, -0.2) is 8.97 Å². The summed E-state index contributed by atoms with van der Waals surface area (Å²) >= 11 is 0. The van der Waals surface area contributed by atoms with Crippen LogP contribution < -0.4 is 5.22 Å². The lowest BCUT2D eigenvalue weighted by Gasteiger charge is -2.01. The number of fused-ring (bicyclic) bond motifs is 9. The summed E-state index contributed by atoms with van der Waals surface area (Å²) in [5.41, 5.74) is 9.37. The number of para-hydroxylation sites is 2. The summed E-state index contributed by atoms with van der Waals surface area (Å²) in [4.78, 5) is 0. The van der Waals surface area contributed by atoms with E-state index in [1.165, 1.54) is 65.5 Å². The summed E-state index contributed by atoms with van der Waals surface area (Å²) in [6, 6.07) is 22.4. The van der Waals surface area contributed by atoms with Gasteiger partial charge in [0.1, 0.15) is 0 Å². The molecule has 3 aromatic carbocycles. The van der Waals surface area contributed by atoms with E-state index in [4.69, 9.17) is 0 Å². The zero-order chi connectivity index (χ0) is 19.3. The molecule has 1 aliphatic carbocycles. The first-order valence-corrected chi connectivity index (χ1v) is 10.3. The maximum Gasteiger partial charge on any atom is 0.0619 e. The van der Waals surface area contributed by atoms with Gasteiger partial charge in [-0.3, -0.25) is 0 Å². The van der Waals surface area contributed by atoms with Crippen LogP contribution in [0.2, 0.25) is 0 Å². The molecule has 6 aromatic rings.